The van der Waals surface area contributed by atoms with E-state index in [-0.39, 0.29) is 17.4 Å². The van der Waals surface area contributed by atoms with Gasteiger partial charge in [-0.15, -0.1) is 0 Å². The predicted molar refractivity (Wildman–Crippen MR) is 114 cm³/mol. The molecule has 156 valence electrons. The van der Waals surface area contributed by atoms with E-state index >= 15 is 0 Å². The summed E-state index contributed by atoms with van der Waals surface area (Å²) in [5.74, 6) is -1.19. The zero-order valence-corrected chi connectivity index (χ0v) is 16.7. The summed E-state index contributed by atoms with van der Waals surface area (Å²) in [4.78, 5) is 34.0. The number of imide groups is 1. The molecule has 0 unspecified atom stereocenters. The number of ether oxygens (including phenoxy) is 1. The van der Waals surface area contributed by atoms with Crippen molar-refractivity contribution in [3.8, 4) is 11.5 Å². The Hall–Kier alpha value is -3.84. The van der Waals surface area contributed by atoms with Gasteiger partial charge in [0.15, 0.2) is 17.6 Å². The van der Waals surface area contributed by atoms with Crippen LogP contribution in [0.15, 0.2) is 78.9 Å². The summed E-state index contributed by atoms with van der Waals surface area (Å²) >= 11 is 0. The molecule has 0 saturated carbocycles. The van der Waals surface area contributed by atoms with Crippen molar-refractivity contribution in [3.05, 3.63) is 84.4 Å². The highest BCUT2D eigenvalue weighted by Gasteiger charge is 2.60. The van der Waals surface area contributed by atoms with Gasteiger partial charge in [0.05, 0.1) is 24.5 Å². The number of phenols is 1. The van der Waals surface area contributed by atoms with E-state index < -0.39 is 24.0 Å². The maximum absolute atomic E-state index is 13.5. The third-order valence-corrected chi connectivity index (χ3v) is 5.69. The monoisotopic (exact) mass is 416 g/mol. The van der Waals surface area contributed by atoms with Crippen molar-refractivity contribution < 1.29 is 24.3 Å². The number of methoxy groups -OCH3 is 1. The largest absolute Gasteiger partial charge is 0.504 e. The molecular formula is C24H20N2O5. The molecule has 2 aliphatic rings. The number of benzene rings is 3. The number of carbonyl (C=O) groups is 2. The maximum Gasteiger partial charge on any atom is 0.266 e. The van der Waals surface area contributed by atoms with Gasteiger partial charge in [-0.2, -0.15) is 0 Å². The van der Waals surface area contributed by atoms with Gasteiger partial charge in [-0.25, -0.2) is 9.96 Å². The van der Waals surface area contributed by atoms with E-state index in [1.807, 2.05) is 36.4 Å². The Morgan fingerprint density at radius 1 is 0.871 bits per heavy atom. The Bertz CT molecular complexity index is 1140. The molecule has 2 saturated heterocycles. The first-order chi connectivity index (χ1) is 15.1. The normalized spacial score (nSPS) is 22.7. The Labute approximate surface area is 179 Å². The van der Waals surface area contributed by atoms with Crippen LogP contribution < -0.4 is 14.7 Å². The highest BCUT2D eigenvalue weighted by atomic mass is 16.7. The predicted octanol–water partition coefficient (Wildman–Crippen LogP) is 3.45. The summed E-state index contributed by atoms with van der Waals surface area (Å²) in [6, 6.07) is 22.5. The maximum atomic E-state index is 13.5. The van der Waals surface area contributed by atoms with Gasteiger partial charge in [0, 0.05) is 0 Å². The molecule has 3 aromatic carbocycles. The van der Waals surface area contributed by atoms with Gasteiger partial charge in [0.2, 0.25) is 5.91 Å². The molecular weight excluding hydrogens is 396 g/mol. The Morgan fingerprint density at radius 3 is 2.16 bits per heavy atom. The van der Waals surface area contributed by atoms with E-state index in [2.05, 4.69) is 0 Å². The third-order valence-electron chi connectivity index (χ3n) is 5.69. The third kappa shape index (κ3) is 3.02. The quantitative estimate of drug-likeness (QED) is 0.657. The molecule has 1 N–H and O–H groups in total. The van der Waals surface area contributed by atoms with Crippen LogP contribution in [0.25, 0.3) is 0 Å². The van der Waals surface area contributed by atoms with E-state index in [9.17, 15) is 14.7 Å². The number of fused-ring (bicyclic) bond motifs is 1. The van der Waals surface area contributed by atoms with Crippen molar-refractivity contribution in [2.24, 2.45) is 5.92 Å². The lowest BCUT2D eigenvalue weighted by Gasteiger charge is -2.29. The van der Waals surface area contributed by atoms with E-state index in [1.54, 1.807) is 41.5 Å². The van der Waals surface area contributed by atoms with Crippen molar-refractivity contribution in [2.45, 2.75) is 12.1 Å². The summed E-state index contributed by atoms with van der Waals surface area (Å²) in [6.07, 6.45) is -0.947. The molecule has 0 aliphatic carbocycles. The van der Waals surface area contributed by atoms with Crippen LogP contribution in [0.5, 0.6) is 11.5 Å². The second kappa shape index (κ2) is 7.45. The standard InChI is InChI=1S/C24H20N2O5/c1-30-19-14-15(12-13-18(19)27)21-20-22(31-26(21)17-10-6-3-7-11-17)24(29)25(23(20)28)16-8-4-2-5-9-16/h2-14,20-22,27H,1H3/t20-,21+,22+/m0/s1. The molecule has 2 heterocycles. The highest BCUT2D eigenvalue weighted by molar-refractivity contribution is 6.23. The Balaban J connectivity index is 1.61. The molecule has 3 aromatic rings. The molecule has 0 aromatic heterocycles. The number of hydrogen-bond acceptors (Lipinski definition) is 6. The fourth-order valence-electron chi connectivity index (χ4n) is 4.26. The second-order valence-corrected chi connectivity index (χ2v) is 7.44. The number of carbonyl (C=O) groups excluding carboxylic acids is 2. The molecule has 7 heteroatoms. The van der Waals surface area contributed by atoms with Crippen LogP contribution in [0.3, 0.4) is 0 Å². The number of rotatable bonds is 4. The minimum absolute atomic E-state index is 0.00675. The van der Waals surface area contributed by atoms with Gasteiger partial charge in [-0.05, 0) is 42.0 Å². The lowest BCUT2D eigenvalue weighted by molar-refractivity contribution is -0.126. The van der Waals surface area contributed by atoms with Gasteiger partial charge < -0.3 is 9.84 Å². The first kappa shape index (κ1) is 19.1. The lowest BCUT2D eigenvalue weighted by Crippen LogP contribution is -2.37. The molecule has 0 spiro atoms. The molecule has 31 heavy (non-hydrogen) atoms. The molecule has 5 rings (SSSR count). The number of phenolic OH excluding ortho intramolecular Hbond substituents is 1. The van der Waals surface area contributed by atoms with Crippen LogP contribution in [0.2, 0.25) is 0 Å². The minimum Gasteiger partial charge on any atom is -0.504 e. The van der Waals surface area contributed by atoms with E-state index in [1.165, 1.54) is 18.1 Å². The number of amides is 2. The van der Waals surface area contributed by atoms with Crippen molar-refractivity contribution in [3.63, 3.8) is 0 Å². The summed E-state index contributed by atoms with van der Waals surface area (Å²) < 4.78 is 5.26. The second-order valence-electron chi connectivity index (χ2n) is 7.44. The smallest absolute Gasteiger partial charge is 0.266 e. The zero-order chi connectivity index (χ0) is 21.5. The van der Waals surface area contributed by atoms with Gasteiger partial charge >= 0.3 is 0 Å². The van der Waals surface area contributed by atoms with Crippen LogP contribution in [-0.2, 0) is 14.4 Å². The van der Waals surface area contributed by atoms with E-state index in [4.69, 9.17) is 9.57 Å². The zero-order valence-electron chi connectivity index (χ0n) is 16.7. The van der Waals surface area contributed by atoms with E-state index in [0.29, 0.717) is 11.3 Å². The lowest BCUT2D eigenvalue weighted by atomic mass is 9.90. The van der Waals surface area contributed by atoms with Crippen LogP contribution >= 0.6 is 0 Å². The first-order valence-electron chi connectivity index (χ1n) is 9.91. The van der Waals surface area contributed by atoms with Gasteiger partial charge in [-0.3, -0.25) is 14.4 Å². The SMILES string of the molecule is COc1cc([C@@H]2[C@@H]3C(=O)N(c4ccccc4)C(=O)[C@@H]3ON2c2ccccc2)ccc1O. The summed E-state index contributed by atoms with van der Waals surface area (Å²) in [5, 5.41) is 11.6. The minimum atomic E-state index is -0.947. The van der Waals surface area contributed by atoms with Crippen LogP contribution in [0.1, 0.15) is 11.6 Å². The average Bonchev–Trinajstić information content (AvgIpc) is 3.31. The number of anilines is 2. The molecule has 0 bridgehead atoms. The number of para-hydroxylation sites is 2. The first-order valence-corrected chi connectivity index (χ1v) is 9.91. The summed E-state index contributed by atoms with van der Waals surface area (Å²) in [7, 11) is 1.46. The van der Waals surface area contributed by atoms with Crippen molar-refractivity contribution in [2.75, 3.05) is 17.1 Å². The highest BCUT2D eigenvalue weighted by Crippen LogP contribution is 2.48. The van der Waals surface area contributed by atoms with Crippen molar-refractivity contribution >= 4 is 23.2 Å². The Kier molecular flexibility index (Phi) is 4.60. The summed E-state index contributed by atoms with van der Waals surface area (Å²) in [5.41, 5.74) is 1.94. The molecule has 0 radical (unpaired) electrons. The van der Waals surface area contributed by atoms with Crippen LogP contribution in [-0.4, -0.2) is 30.1 Å². The number of aromatic hydroxyl groups is 1. The number of hydrogen-bond donors (Lipinski definition) is 1. The number of hydroxylamine groups is 1. The summed E-state index contributed by atoms with van der Waals surface area (Å²) in [6.45, 7) is 0. The van der Waals surface area contributed by atoms with Crippen LogP contribution in [0.4, 0.5) is 11.4 Å². The number of nitrogens with zero attached hydrogens (tertiary/aromatic N) is 2. The van der Waals surface area contributed by atoms with Gasteiger partial charge in [0.25, 0.3) is 5.91 Å². The average molecular weight is 416 g/mol. The molecule has 7 nitrogen and oxygen atoms in total. The Morgan fingerprint density at radius 2 is 1.52 bits per heavy atom. The van der Waals surface area contributed by atoms with Gasteiger partial charge in [-0.1, -0.05) is 42.5 Å². The van der Waals surface area contributed by atoms with Crippen LogP contribution in [0, 0.1) is 5.92 Å². The molecule has 3 atom stereocenters. The van der Waals surface area contributed by atoms with Crippen molar-refractivity contribution in [1.82, 2.24) is 0 Å². The fourth-order valence-corrected chi connectivity index (χ4v) is 4.26. The van der Waals surface area contributed by atoms with E-state index in [0.717, 1.165) is 5.69 Å². The molecule has 2 amide bonds. The molecule has 2 fully saturated rings. The topological polar surface area (TPSA) is 79.3 Å². The van der Waals surface area contributed by atoms with Gasteiger partial charge in [0.1, 0.15) is 5.92 Å². The fraction of sp³-hybridized carbons (Fsp3) is 0.167. The molecule has 2 aliphatic heterocycles. The van der Waals surface area contributed by atoms with Crippen molar-refractivity contribution in [1.29, 1.82) is 0 Å².